The van der Waals surface area contributed by atoms with E-state index in [9.17, 15) is 23.3 Å². The van der Waals surface area contributed by atoms with Gasteiger partial charge in [0.05, 0.1) is 16.2 Å². The van der Waals surface area contributed by atoms with Crippen LogP contribution in [-0.2, 0) is 6.18 Å². The van der Waals surface area contributed by atoms with Crippen LogP contribution >= 0.6 is 11.8 Å². The lowest BCUT2D eigenvalue weighted by atomic mass is 10.2. The number of pyridine rings is 1. The van der Waals surface area contributed by atoms with Crippen LogP contribution in [0.4, 0.5) is 24.5 Å². The van der Waals surface area contributed by atoms with Gasteiger partial charge in [0, 0.05) is 23.4 Å². The Balaban J connectivity index is 2.41. The van der Waals surface area contributed by atoms with Crippen molar-refractivity contribution in [2.75, 3.05) is 5.75 Å². The molecular weight excluding hydrogens is 343 g/mol. The largest absolute Gasteiger partial charge is 0.433 e. The van der Waals surface area contributed by atoms with Crippen LogP contribution in [0.1, 0.15) is 18.2 Å². The van der Waals surface area contributed by atoms with E-state index in [4.69, 9.17) is 0 Å². The summed E-state index contributed by atoms with van der Waals surface area (Å²) in [7, 11) is 0. The van der Waals surface area contributed by atoms with Crippen LogP contribution in [0.3, 0.4) is 0 Å². The van der Waals surface area contributed by atoms with Crippen LogP contribution in [0, 0.1) is 10.1 Å². The van der Waals surface area contributed by atoms with Crippen molar-refractivity contribution in [2.45, 2.75) is 18.0 Å². The van der Waals surface area contributed by atoms with Gasteiger partial charge in [0.25, 0.3) is 5.69 Å². The molecule has 1 aromatic carbocycles. The zero-order chi connectivity index (χ0) is 17.7. The minimum absolute atomic E-state index is 0.0932. The average Bonchev–Trinajstić information content (AvgIpc) is 2.53. The average molecular weight is 355 g/mol. The predicted octanol–water partition coefficient (Wildman–Crippen LogP) is 4.87. The van der Waals surface area contributed by atoms with E-state index in [-0.39, 0.29) is 5.56 Å². The normalized spacial score (nSPS) is 11.8. The Labute approximate surface area is 139 Å². The number of para-hydroxylation sites is 1. The van der Waals surface area contributed by atoms with E-state index < -0.39 is 22.5 Å². The molecule has 0 saturated carbocycles. The number of alkyl halides is 3. The lowest BCUT2D eigenvalue weighted by Gasteiger charge is -2.06. The van der Waals surface area contributed by atoms with Crippen molar-refractivity contribution in [1.82, 2.24) is 4.98 Å². The van der Waals surface area contributed by atoms with E-state index in [1.165, 1.54) is 0 Å². The fourth-order valence-corrected chi connectivity index (χ4v) is 2.60. The van der Waals surface area contributed by atoms with E-state index in [1.807, 2.05) is 19.1 Å². The third-order valence-corrected chi connectivity index (χ3v) is 3.85. The molecule has 0 aliphatic carbocycles. The number of hydrogen-bond donors (Lipinski definition) is 0. The first-order chi connectivity index (χ1) is 11.3. The zero-order valence-corrected chi connectivity index (χ0v) is 13.3. The monoisotopic (exact) mass is 355 g/mol. The summed E-state index contributed by atoms with van der Waals surface area (Å²) in [5.41, 5.74) is -1.52. The van der Waals surface area contributed by atoms with Gasteiger partial charge in [0.2, 0.25) is 0 Å². The molecule has 0 aliphatic heterocycles. The molecule has 0 aliphatic rings. The smallest absolute Gasteiger partial charge is 0.258 e. The molecule has 1 heterocycles. The Hall–Kier alpha value is -2.42. The third-order valence-electron chi connectivity index (χ3n) is 2.91. The molecule has 0 N–H and O–H groups in total. The highest BCUT2D eigenvalue weighted by Crippen LogP contribution is 2.32. The number of hydrogen-bond acceptors (Lipinski definition) is 5. The number of thioether (sulfide) groups is 1. The molecule has 126 valence electrons. The third kappa shape index (κ3) is 4.31. The molecule has 0 atom stereocenters. The maximum atomic E-state index is 12.6. The SMILES string of the molecule is CCSc1ccccc1N=Cc1cnc(C(F)(F)F)cc1[N+](=O)[O-]. The topological polar surface area (TPSA) is 68.4 Å². The van der Waals surface area contributed by atoms with E-state index in [0.717, 1.165) is 23.1 Å². The first kappa shape index (κ1) is 17.9. The van der Waals surface area contributed by atoms with E-state index in [1.54, 1.807) is 23.9 Å². The van der Waals surface area contributed by atoms with Gasteiger partial charge in [-0.05, 0) is 17.9 Å². The molecular formula is C15H12F3N3O2S. The summed E-state index contributed by atoms with van der Waals surface area (Å²) in [5.74, 6) is 0.814. The zero-order valence-electron chi connectivity index (χ0n) is 12.4. The van der Waals surface area contributed by atoms with Crippen LogP contribution in [0.2, 0.25) is 0 Å². The summed E-state index contributed by atoms with van der Waals surface area (Å²) in [6, 6.07) is 7.57. The lowest BCUT2D eigenvalue weighted by molar-refractivity contribution is -0.385. The lowest BCUT2D eigenvalue weighted by Crippen LogP contribution is -2.09. The summed E-state index contributed by atoms with van der Waals surface area (Å²) < 4.78 is 37.9. The molecule has 24 heavy (non-hydrogen) atoms. The predicted molar refractivity (Wildman–Crippen MR) is 86.0 cm³/mol. The first-order valence-corrected chi connectivity index (χ1v) is 7.79. The van der Waals surface area contributed by atoms with Crippen LogP contribution in [-0.4, -0.2) is 21.9 Å². The van der Waals surface area contributed by atoms with Gasteiger partial charge in [-0.25, -0.2) is 0 Å². The maximum absolute atomic E-state index is 12.6. The molecule has 5 nitrogen and oxygen atoms in total. The summed E-state index contributed by atoms with van der Waals surface area (Å²) in [5, 5.41) is 11.0. The van der Waals surface area contributed by atoms with Crippen molar-refractivity contribution in [3.8, 4) is 0 Å². The second-order valence-corrected chi connectivity index (χ2v) is 5.85. The van der Waals surface area contributed by atoms with Crippen LogP contribution in [0.15, 0.2) is 46.4 Å². The molecule has 9 heteroatoms. The Morgan fingerprint density at radius 2 is 2.08 bits per heavy atom. The number of halogens is 3. The first-order valence-electron chi connectivity index (χ1n) is 6.80. The van der Waals surface area contributed by atoms with Gasteiger partial charge in [0.1, 0.15) is 0 Å². The maximum Gasteiger partial charge on any atom is 0.433 e. The van der Waals surface area contributed by atoms with E-state index >= 15 is 0 Å². The highest BCUT2D eigenvalue weighted by atomic mass is 32.2. The minimum atomic E-state index is -4.75. The van der Waals surface area contributed by atoms with E-state index in [0.29, 0.717) is 11.8 Å². The molecule has 0 radical (unpaired) electrons. The van der Waals surface area contributed by atoms with Crippen molar-refractivity contribution in [2.24, 2.45) is 4.99 Å². The fraction of sp³-hybridized carbons (Fsp3) is 0.200. The minimum Gasteiger partial charge on any atom is -0.258 e. The summed E-state index contributed by atoms with van der Waals surface area (Å²) >= 11 is 1.54. The van der Waals surface area contributed by atoms with Gasteiger partial charge < -0.3 is 0 Å². The standard InChI is InChI=1S/C15H12F3N3O2S/c1-2-24-13-6-4-3-5-11(13)19-8-10-9-20-14(15(16,17)18)7-12(10)21(22)23/h3-9H,2H2,1H3. The van der Waals surface area contributed by atoms with Gasteiger partial charge >= 0.3 is 6.18 Å². The number of aromatic nitrogens is 1. The van der Waals surface area contributed by atoms with Crippen LogP contribution in [0.5, 0.6) is 0 Å². The molecule has 0 fully saturated rings. The van der Waals surface area contributed by atoms with Gasteiger partial charge in [-0.2, -0.15) is 13.2 Å². The molecule has 2 aromatic rings. The van der Waals surface area contributed by atoms with Crippen molar-refractivity contribution in [3.63, 3.8) is 0 Å². The summed E-state index contributed by atoms with van der Waals surface area (Å²) in [4.78, 5) is 18.4. The molecule has 2 rings (SSSR count). The second-order valence-electron chi connectivity index (χ2n) is 4.54. The van der Waals surface area contributed by atoms with Crippen LogP contribution in [0.25, 0.3) is 0 Å². The second kappa shape index (κ2) is 7.43. The van der Waals surface area contributed by atoms with Crippen LogP contribution < -0.4 is 0 Å². The highest BCUT2D eigenvalue weighted by Gasteiger charge is 2.34. The quantitative estimate of drug-likeness (QED) is 0.332. The number of aliphatic imine (C=N–C) groups is 1. The molecule has 0 bridgehead atoms. The number of nitrogens with zero attached hydrogens (tertiary/aromatic N) is 3. The fourth-order valence-electron chi connectivity index (χ4n) is 1.85. The van der Waals surface area contributed by atoms with Crippen molar-refractivity contribution >= 4 is 29.4 Å². The highest BCUT2D eigenvalue weighted by molar-refractivity contribution is 7.99. The summed E-state index contributed by atoms with van der Waals surface area (Å²) in [6.45, 7) is 1.97. The Kier molecular flexibility index (Phi) is 5.55. The van der Waals surface area contributed by atoms with Gasteiger partial charge in [-0.15, -0.1) is 11.8 Å². The number of benzene rings is 1. The Bertz CT molecular complexity index is 779. The molecule has 0 spiro atoms. The molecule has 0 saturated heterocycles. The molecule has 0 amide bonds. The molecule has 0 unspecified atom stereocenters. The van der Waals surface area contributed by atoms with Crippen molar-refractivity contribution in [3.05, 3.63) is 57.9 Å². The van der Waals surface area contributed by atoms with E-state index in [2.05, 4.69) is 9.98 Å². The van der Waals surface area contributed by atoms with Crippen molar-refractivity contribution < 1.29 is 18.1 Å². The molecule has 1 aromatic heterocycles. The number of rotatable bonds is 5. The van der Waals surface area contributed by atoms with Gasteiger partial charge in [0.15, 0.2) is 5.69 Å². The Morgan fingerprint density at radius 3 is 2.71 bits per heavy atom. The van der Waals surface area contributed by atoms with Gasteiger partial charge in [-0.3, -0.25) is 20.1 Å². The van der Waals surface area contributed by atoms with Gasteiger partial charge in [-0.1, -0.05) is 19.1 Å². The Morgan fingerprint density at radius 1 is 1.38 bits per heavy atom. The van der Waals surface area contributed by atoms with Crippen molar-refractivity contribution in [1.29, 1.82) is 0 Å². The summed E-state index contributed by atoms with van der Waals surface area (Å²) in [6.07, 6.45) is -2.79. The number of nitro groups is 1.